The second-order valence-corrected chi connectivity index (χ2v) is 4.47. The summed E-state index contributed by atoms with van der Waals surface area (Å²) in [6.45, 7) is 1.88. The number of nitrogens with zero attached hydrogens (tertiary/aromatic N) is 1. The number of hydrogen-bond donors (Lipinski definition) is 1. The SMILES string of the molecule is CCN(CC(=O)O)C(=O)c1ccc(I)cc1. The summed E-state index contributed by atoms with van der Waals surface area (Å²) in [4.78, 5) is 23.7. The van der Waals surface area contributed by atoms with E-state index in [1.807, 2.05) is 12.1 Å². The van der Waals surface area contributed by atoms with Gasteiger partial charge in [0.05, 0.1) is 0 Å². The van der Waals surface area contributed by atoms with Crippen LogP contribution in [0.2, 0.25) is 0 Å². The van der Waals surface area contributed by atoms with Crippen LogP contribution in [0.5, 0.6) is 0 Å². The molecule has 1 amide bonds. The van der Waals surface area contributed by atoms with E-state index in [4.69, 9.17) is 5.11 Å². The van der Waals surface area contributed by atoms with Gasteiger partial charge in [-0.15, -0.1) is 0 Å². The fraction of sp³-hybridized carbons (Fsp3) is 0.273. The minimum absolute atomic E-state index is 0.249. The number of benzene rings is 1. The molecule has 16 heavy (non-hydrogen) atoms. The molecule has 4 nitrogen and oxygen atoms in total. The van der Waals surface area contributed by atoms with Crippen molar-refractivity contribution < 1.29 is 14.7 Å². The molecule has 5 heteroatoms. The van der Waals surface area contributed by atoms with Crippen molar-refractivity contribution in [2.45, 2.75) is 6.92 Å². The van der Waals surface area contributed by atoms with Crippen molar-refractivity contribution in [3.63, 3.8) is 0 Å². The minimum Gasteiger partial charge on any atom is -0.480 e. The topological polar surface area (TPSA) is 57.6 Å². The summed E-state index contributed by atoms with van der Waals surface area (Å²) in [6, 6.07) is 7.05. The lowest BCUT2D eigenvalue weighted by Crippen LogP contribution is -2.35. The van der Waals surface area contributed by atoms with Crippen molar-refractivity contribution in [1.29, 1.82) is 0 Å². The van der Waals surface area contributed by atoms with Crippen LogP contribution in [0.3, 0.4) is 0 Å². The summed E-state index contributed by atoms with van der Waals surface area (Å²) < 4.78 is 1.04. The lowest BCUT2D eigenvalue weighted by Gasteiger charge is -2.18. The maximum Gasteiger partial charge on any atom is 0.323 e. The molecule has 0 aliphatic carbocycles. The lowest BCUT2D eigenvalue weighted by molar-refractivity contribution is -0.137. The Morgan fingerprint density at radius 3 is 2.31 bits per heavy atom. The number of carboxylic acids is 1. The van der Waals surface area contributed by atoms with Gasteiger partial charge < -0.3 is 10.0 Å². The third-order valence-electron chi connectivity index (χ3n) is 2.09. The number of aliphatic carboxylic acids is 1. The predicted molar refractivity (Wildman–Crippen MR) is 68.4 cm³/mol. The highest BCUT2D eigenvalue weighted by molar-refractivity contribution is 14.1. The number of carbonyl (C=O) groups is 2. The molecule has 0 spiro atoms. The number of rotatable bonds is 4. The second kappa shape index (κ2) is 5.83. The van der Waals surface area contributed by atoms with Crippen molar-refractivity contribution in [2.75, 3.05) is 13.1 Å². The third-order valence-corrected chi connectivity index (χ3v) is 2.81. The zero-order chi connectivity index (χ0) is 12.1. The molecule has 86 valence electrons. The van der Waals surface area contributed by atoms with Crippen LogP contribution in [0, 0.1) is 3.57 Å². The summed E-state index contributed by atoms with van der Waals surface area (Å²) in [5.74, 6) is -1.25. The van der Waals surface area contributed by atoms with E-state index in [0.717, 1.165) is 3.57 Å². The highest BCUT2D eigenvalue weighted by Crippen LogP contribution is 2.09. The van der Waals surface area contributed by atoms with E-state index in [2.05, 4.69) is 22.6 Å². The number of likely N-dealkylation sites (N-methyl/N-ethyl adjacent to an activating group) is 1. The van der Waals surface area contributed by atoms with Crippen LogP contribution < -0.4 is 0 Å². The van der Waals surface area contributed by atoms with E-state index >= 15 is 0 Å². The molecule has 0 heterocycles. The zero-order valence-electron chi connectivity index (χ0n) is 8.81. The number of carbonyl (C=O) groups excluding carboxylic acids is 1. The van der Waals surface area contributed by atoms with Crippen LogP contribution >= 0.6 is 22.6 Å². The average Bonchev–Trinajstić information content (AvgIpc) is 2.25. The normalized spacial score (nSPS) is 9.88. The van der Waals surface area contributed by atoms with Gasteiger partial charge in [0.15, 0.2) is 0 Å². The summed E-state index contributed by atoms with van der Waals surface area (Å²) in [5, 5.41) is 8.66. The van der Waals surface area contributed by atoms with Gasteiger partial charge in [-0.05, 0) is 53.8 Å². The first-order valence-corrected chi connectivity index (χ1v) is 5.89. The summed E-state index contributed by atoms with van der Waals surface area (Å²) in [7, 11) is 0. The molecule has 0 aliphatic rings. The van der Waals surface area contributed by atoms with Crippen LogP contribution in [0.25, 0.3) is 0 Å². The minimum atomic E-state index is -0.999. The van der Waals surface area contributed by atoms with Crippen LogP contribution in [-0.4, -0.2) is 35.0 Å². The van der Waals surface area contributed by atoms with Gasteiger partial charge in [0.25, 0.3) is 5.91 Å². The van der Waals surface area contributed by atoms with Gasteiger partial charge in [-0.2, -0.15) is 0 Å². The van der Waals surface area contributed by atoms with Gasteiger partial charge in [0.1, 0.15) is 6.54 Å². The number of carboxylic acid groups (broad SMARTS) is 1. The molecule has 1 aromatic rings. The fourth-order valence-electron chi connectivity index (χ4n) is 1.27. The largest absolute Gasteiger partial charge is 0.480 e. The monoisotopic (exact) mass is 333 g/mol. The lowest BCUT2D eigenvalue weighted by atomic mass is 10.2. The van der Waals surface area contributed by atoms with Crippen LogP contribution in [0.1, 0.15) is 17.3 Å². The Morgan fingerprint density at radius 2 is 1.88 bits per heavy atom. The number of halogens is 1. The molecule has 1 N–H and O–H groups in total. The quantitative estimate of drug-likeness (QED) is 0.856. The summed E-state index contributed by atoms with van der Waals surface area (Å²) in [5.41, 5.74) is 0.517. The van der Waals surface area contributed by atoms with Gasteiger partial charge in [-0.3, -0.25) is 9.59 Å². The van der Waals surface area contributed by atoms with E-state index in [9.17, 15) is 9.59 Å². The van der Waals surface area contributed by atoms with E-state index in [1.165, 1.54) is 4.90 Å². The Bertz CT molecular complexity index is 389. The molecule has 0 fully saturated rings. The molecule has 1 aromatic carbocycles. The van der Waals surface area contributed by atoms with Crippen molar-refractivity contribution in [2.24, 2.45) is 0 Å². The van der Waals surface area contributed by atoms with Crippen molar-refractivity contribution in [3.05, 3.63) is 33.4 Å². The van der Waals surface area contributed by atoms with Gasteiger partial charge in [-0.1, -0.05) is 0 Å². The zero-order valence-corrected chi connectivity index (χ0v) is 11.0. The molecule has 0 unspecified atom stereocenters. The van der Waals surface area contributed by atoms with E-state index < -0.39 is 5.97 Å². The molecular weight excluding hydrogens is 321 g/mol. The molecule has 0 aromatic heterocycles. The molecule has 0 aliphatic heterocycles. The van der Waals surface area contributed by atoms with Crippen LogP contribution in [0.4, 0.5) is 0 Å². The molecule has 0 atom stereocenters. The molecule has 0 radical (unpaired) electrons. The maximum absolute atomic E-state index is 11.9. The smallest absolute Gasteiger partial charge is 0.323 e. The van der Waals surface area contributed by atoms with Crippen LogP contribution in [0.15, 0.2) is 24.3 Å². The molecule has 0 bridgehead atoms. The van der Waals surface area contributed by atoms with Gasteiger partial charge in [-0.25, -0.2) is 0 Å². The summed E-state index contributed by atoms with van der Waals surface area (Å²) >= 11 is 2.15. The molecule has 0 saturated carbocycles. The Kier molecular flexibility index (Phi) is 4.72. The highest BCUT2D eigenvalue weighted by Gasteiger charge is 2.16. The molecular formula is C11H12INO3. The Labute approximate surface area is 107 Å². The van der Waals surface area contributed by atoms with E-state index in [1.54, 1.807) is 19.1 Å². The van der Waals surface area contributed by atoms with E-state index in [-0.39, 0.29) is 12.5 Å². The predicted octanol–water partition coefficient (Wildman–Crippen LogP) is 1.84. The van der Waals surface area contributed by atoms with Crippen molar-refractivity contribution in [3.8, 4) is 0 Å². The van der Waals surface area contributed by atoms with Gasteiger partial charge in [0, 0.05) is 15.7 Å². The van der Waals surface area contributed by atoms with Crippen LogP contribution in [-0.2, 0) is 4.79 Å². The number of amides is 1. The molecule has 0 saturated heterocycles. The highest BCUT2D eigenvalue weighted by atomic mass is 127. The van der Waals surface area contributed by atoms with Crippen molar-refractivity contribution in [1.82, 2.24) is 4.90 Å². The van der Waals surface area contributed by atoms with Gasteiger partial charge in [0.2, 0.25) is 0 Å². The number of hydrogen-bond acceptors (Lipinski definition) is 2. The summed E-state index contributed by atoms with van der Waals surface area (Å²) in [6.07, 6.45) is 0. The Morgan fingerprint density at radius 1 is 1.31 bits per heavy atom. The maximum atomic E-state index is 11.9. The Balaban J connectivity index is 2.82. The first-order chi connectivity index (χ1) is 7.54. The standard InChI is InChI=1S/C11H12INO3/c1-2-13(7-10(14)15)11(16)8-3-5-9(12)6-4-8/h3-6H,2,7H2,1H3,(H,14,15). The van der Waals surface area contributed by atoms with Gasteiger partial charge >= 0.3 is 5.97 Å². The van der Waals surface area contributed by atoms with Crippen molar-refractivity contribution >= 4 is 34.5 Å². The Hall–Kier alpha value is -1.11. The van der Waals surface area contributed by atoms with E-state index in [0.29, 0.717) is 12.1 Å². The first-order valence-electron chi connectivity index (χ1n) is 4.81. The second-order valence-electron chi connectivity index (χ2n) is 3.22. The average molecular weight is 333 g/mol. The third kappa shape index (κ3) is 3.48. The molecule has 1 rings (SSSR count). The first kappa shape index (κ1) is 13.0. The fourth-order valence-corrected chi connectivity index (χ4v) is 1.63.